The number of hydrogen-bond donors (Lipinski definition) is 1. The van der Waals surface area contributed by atoms with Gasteiger partial charge >= 0.3 is 6.18 Å². The molecule has 1 aliphatic heterocycles. The molecule has 0 fully saturated rings. The monoisotopic (exact) mass is 557 g/mol. The van der Waals surface area contributed by atoms with Crippen LogP contribution in [0.2, 0.25) is 0 Å². The number of benzene rings is 3. The van der Waals surface area contributed by atoms with E-state index in [1.165, 1.54) is 24.3 Å². The van der Waals surface area contributed by atoms with Crippen LogP contribution in [-0.4, -0.2) is 33.2 Å². The van der Waals surface area contributed by atoms with Crippen LogP contribution in [0.4, 0.5) is 18.9 Å². The molecule has 0 radical (unpaired) electrons. The van der Waals surface area contributed by atoms with Gasteiger partial charge in [0.2, 0.25) is 0 Å². The van der Waals surface area contributed by atoms with E-state index in [4.69, 9.17) is 4.74 Å². The summed E-state index contributed by atoms with van der Waals surface area (Å²) in [5, 5.41) is 12.2. The number of alkyl halides is 3. The summed E-state index contributed by atoms with van der Waals surface area (Å²) in [4.78, 5) is 15.3. The zero-order valence-corrected chi connectivity index (χ0v) is 21.8. The Balaban J connectivity index is 1.53. The lowest BCUT2D eigenvalue weighted by Gasteiger charge is -2.32. The largest absolute Gasteiger partial charge is 0.490 e. The second-order valence-corrected chi connectivity index (χ2v) is 11.3. The maximum absolute atomic E-state index is 13.2. The Kier molecular flexibility index (Phi) is 8.16. The molecule has 0 aromatic heterocycles. The molecule has 7 nitrogen and oxygen atoms in total. The smallest absolute Gasteiger partial charge is 0.416 e. The van der Waals surface area contributed by atoms with Crippen molar-refractivity contribution in [1.82, 2.24) is 5.32 Å². The second-order valence-electron chi connectivity index (χ2n) is 9.01. The van der Waals surface area contributed by atoms with E-state index in [-0.39, 0.29) is 17.1 Å². The highest BCUT2D eigenvalue weighted by Gasteiger charge is 2.30. The summed E-state index contributed by atoms with van der Waals surface area (Å²) in [6, 6.07) is 17.3. The van der Waals surface area contributed by atoms with Gasteiger partial charge in [0.25, 0.3) is 5.91 Å². The third kappa shape index (κ3) is 6.52. The van der Waals surface area contributed by atoms with Crippen molar-refractivity contribution in [1.29, 1.82) is 5.26 Å². The first-order chi connectivity index (χ1) is 18.5. The molecule has 1 amide bonds. The number of amides is 1. The number of fused-ring (bicyclic) bond motifs is 1. The molecule has 0 unspecified atom stereocenters. The average Bonchev–Trinajstić information content (AvgIpc) is 2.92. The minimum atomic E-state index is -4.41. The zero-order valence-electron chi connectivity index (χ0n) is 21.0. The molecule has 4 rings (SSSR count). The summed E-state index contributed by atoms with van der Waals surface area (Å²) in [7, 11) is -3.38. The van der Waals surface area contributed by atoms with Crippen molar-refractivity contribution in [2.24, 2.45) is 0 Å². The lowest BCUT2D eigenvalue weighted by molar-refractivity contribution is -0.137. The molecule has 3 aromatic carbocycles. The average molecular weight is 558 g/mol. The molecule has 204 valence electrons. The summed E-state index contributed by atoms with van der Waals surface area (Å²) >= 11 is 0. The van der Waals surface area contributed by atoms with E-state index < -0.39 is 33.5 Å². The Bertz CT molecular complexity index is 1480. The minimum absolute atomic E-state index is 0.0281. The quantitative estimate of drug-likeness (QED) is 0.405. The van der Waals surface area contributed by atoms with Gasteiger partial charge in [-0.3, -0.25) is 4.79 Å². The highest BCUT2D eigenvalue weighted by atomic mass is 32.2. The Morgan fingerprint density at radius 2 is 1.79 bits per heavy atom. The van der Waals surface area contributed by atoms with Crippen LogP contribution >= 0.6 is 0 Å². The molecule has 0 aliphatic carbocycles. The van der Waals surface area contributed by atoms with Crippen LogP contribution < -0.4 is 15.0 Å². The van der Waals surface area contributed by atoms with E-state index >= 15 is 0 Å². The van der Waals surface area contributed by atoms with Gasteiger partial charge in [-0.15, -0.1) is 0 Å². The van der Waals surface area contributed by atoms with Gasteiger partial charge in [0.15, 0.2) is 9.84 Å². The van der Waals surface area contributed by atoms with E-state index in [1.807, 2.05) is 11.0 Å². The molecular weight excluding hydrogens is 531 g/mol. The molecule has 1 N–H and O–H groups in total. The molecule has 3 aromatic rings. The summed E-state index contributed by atoms with van der Waals surface area (Å²) in [5.74, 6) is 0.0668. The van der Waals surface area contributed by atoms with Crippen LogP contribution in [0.3, 0.4) is 0 Å². The van der Waals surface area contributed by atoms with Gasteiger partial charge in [-0.05, 0) is 53.6 Å². The highest BCUT2D eigenvalue weighted by Crippen LogP contribution is 2.34. The zero-order chi connectivity index (χ0) is 28.2. The molecule has 0 bridgehead atoms. The van der Waals surface area contributed by atoms with Crippen LogP contribution in [0.15, 0.2) is 71.6 Å². The highest BCUT2D eigenvalue weighted by molar-refractivity contribution is 7.91. The standard InChI is InChI=1S/C28H26F3N3O4S/c1-2-39(36,37)23-10-5-20(6-11-23)24(13-14-32)33-27(35)21-7-12-26-25(17-21)34(15-16-38-26)18-19-3-8-22(9-4-19)28(29,30)31/h3-12,17,24H,2,13,15-16,18H2,1H3,(H,33,35)/t24-/m0/s1. The summed E-state index contributed by atoms with van der Waals surface area (Å²) in [6.45, 7) is 2.73. The van der Waals surface area contributed by atoms with Gasteiger partial charge in [0, 0.05) is 12.1 Å². The van der Waals surface area contributed by atoms with Gasteiger partial charge in [-0.1, -0.05) is 31.2 Å². The molecular formula is C28H26F3N3O4S. The number of carbonyl (C=O) groups excluding carboxylic acids is 1. The molecule has 0 saturated carbocycles. The van der Waals surface area contributed by atoms with Gasteiger partial charge in [-0.2, -0.15) is 18.4 Å². The molecule has 0 saturated heterocycles. The summed E-state index contributed by atoms with van der Waals surface area (Å²) < 4.78 is 68.7. The van der Waals surface area contributed by atoms with E-state index in [9.17, 15) is 31.6 Å². The SMILES string of the molecule is CCS(=O)(=O)c1ccc([C@H](CC#N)NC(=O)c2ccc3c(c2)N(Cc2ccc(C(F)(F)F)cc2)CCO3)cc1. The van der Waals surface area contributed by atoms with E-state index in [2.05, 4.69) is 5.32 Å². The van der Waals surface area contributed by atoms with Crippen molar-refractivity contribution in [3.05, 3.63) is 89.0 Å². The Morgan fingerprint density at radius 3 is 2.41 bits per heavy atom. The first-order valence-electron chi connectivity index (χ1n) is 12.2. The lowest BCUT2D eigenvalue weighted by Crippen LogP contribution is -2.33. The van der Waals surface area contributed by atoms with Gasteiger partial charge < -0.3 is 15.0 Å². The number of rotatable bonds is 8. The van der Waals surface area contributed by atoms with E-state index in [0.717, 1.165) is 12.1 Å². The van der Waals surface area contributed by atoms with Crippen LogP contribution in [0, 0.1) is 11.3 Å². The number of ether oxygens (including phenoxy) is 1. The minimum Gasteiger partial charge on any atom is -0.490 e. The molecule has 0 spiro atoms. The fraction of sp³-hybridized carbons (Fsp3) is 0.286. The predicted octanol–water partition coefficient (Wildman–Crippen LogP) is 5.28. The van der Waals surface area contributed by atoms with Crippen LogP contribution in [0.1, 0.15) is 46.4 Å². The number of nitrogens with one attached hydrogen (secondary N) is 1. The Labute approximate surface area is 224 Å². The van der Waals surface area contributed by atoms with Gasteiger partial charge in [0.05, 0.1) is 47.0 Å². The molecule has 11 heteroatoms. The summed E-state index contributed by atoms with van der Waals surface area (Å²) in [6.07, 6.45) is -4.44. The van der Waals surface area contributed by atoms with Crippen molar-refractivity contribution < 1.29 is 31.1 Å². The van der Waals surface area contributed by atoms with E-state index in [1.54, 1.807) is 37.3 Å². The first-order valence-corrected chi connectivity index (χ1v) is 13.9. The van der Waals surface area contributed by atoms with Crippen molar-refractivity contribution in [2.75, 3.05) is 23.8 Å². The fourth-order valence-corrected chi connectivity index (χ4v) is 5.14. The van der Waals surface area contributed by atoms with Crippen molar-refractivity contribution in [2.45, 2.75) is 37.0 Å². The first kappa shape index (κ1) is 28.0. The number of nitrogens with zero attached hydrogens (tertiary/aromatic N) is 2. The van der Waals surface area contributed by atoms with E-state index in [0.29, 0.717) is 47.8 Å². The number of sulfone groups is 1. The second kappa shape index (κ2) is 11.4. The Morgan fingerprint density at radius 1 is 1.10 bits per heavy atom. The predicted molar refractivity (Wildman–Crippen MR) is 139 cm³/mol. The fourth-order valence-electron chi connectivity index (χ4n) is 4.26. The third-order valence-corrected chi connectivity index (χ3v) is 8.21. The van der Waals surface area contributed by atoms with Crippen LogP contribution in [-0.2, 0) is 22.6 Å². The Hall–Kier alpha value is -4.04. The number of hydrogen-bond acceptors (Lipinski definition) is 6. The number of carbonyl (C=O) groups is 1. The topological polar surface area (TPSA) is 99.5 Å². The number of nitriles is 1. The van der Waals surface area contributed by atoms with Crippen molar-refractivity contribution in [3.8, 4) is 11.8 Å². The van der Waals surface area contributed by atoms with Crippen LogP contribution in [0.5, 0.6) is 5.75 Å². The maximum atomic E-state index is 13.2. The lowest BCUT2D eigenvalue weighted by atomic mass is 10.0. The van der Waals surface area contributed by atoms with Gasteiger partial charge in [0.1, 0.15) is 12.4 Å². The normalized spacial score (nSPS) is 14.1. The number of halogens is 3. The van der Waals surface area contributed by atoms with Crippen molar-refractivity contribution >= 4 is 21.4 Å². The molecule has 1 heterocycles. The van der Waals surface area contributed by atoms with Crippen molar-refractivity contribution in [3.63, 3.8) is 0 Å². The maximum Gasteiger partial charge on any atom is 0.416 e. The third-order valence-electron chi connectivity index (χ3n) is 6.46. The molecule has 39 heavy (non-hydrogen) atoms. The number of anilines is 1. The van der Waals surface area contributed by atoms with Crippen LogP contribution in [0.25, 0.3) is 0 Å². The summed E-state index contributed by atoms with van der Waals surface area (Å²) in [5.41, 5.74) is 1.48. The molecule has 1 atom stereocenters. The molecule has 1 aliphatic rings. The van der Waals surface area contributed by atoms with Gasteiger partial charge in [-0.25, -0.2) is 8.42 Å².